The van der Waals surface area contributed by atoms with Gasteiger partial charge in [-0.25, -0.2) is 9.78 Å². The Hall–Kier alpha value is -2.65. The molecule has 3 rings (SSSR count). The number of aliphatic hydroxyl groups excluding tert-OH is 1. The summed E-state index contributed by atoms with van der Waals surface area (Å²) >= 11 is 1.33. The minimum atomic E-state index is -0.639. The Morgan fingerprint density at radius 1 is 1.30 bits per heavy atom. The standard InChI is InChI=1S/C21H28N4O4S/c1-21(2,3)29-20(28)22-12-18(27)24-19-23-17(13-30-19)14-5-4-6-15(11-14)25-9-7-16(26)8-10-25/h4-6,11,13,16,26H,7-10,12H2,1-3H3,(H,22,28)(H,23,24,27). The molecule has 0 unspecified atom stereocenters. The zero-order valence-electron chi connectivity index (χ0n) is 17.5. The number of nitrogens with zero attached hydrogens (tertiary/aromatic N) is 2. The molecule has 1 aromatic carbocycles. The number of hydrogen-bond acceptors (Lipinski definition) is 7. The fraction of sp³-hybridized carbons (Fsp3) is 0.476. The molecule has 2 aromatic rings. The molecule has 8 nitrogen and oxygen atoms in total. The largest absolute Gasteiger partial charge is 0.444 e. The SMILES string of the molecule is CC(C)(C)OC(=O)NCC(=O)Nc1nc(-c2cccc(N3CCC(O)CC3)c2)cs1. The third-order valence-corrected chi connectivity index (χ3v) is 5.27. The van der Waals surface area contributed by atoms with E-state index in [-0.39, 0.29) is 18.6 Å². The lowest BCUT2D eigenvalue weighted by Gasteiger charge is -2.31. The van der Waals surface area contributed by atoms with Gasteiger partial charge in [-0.2, -0.15) is 0 Å². The Morgan fingerprint density at radius 3 is 2.73 bits per heavy atom. The third-order valence-electron chi connectivity index (χ3n) is 4.51. The van der Waals surface area contributed by atoms with E-state index in [2.05, 4.69) is 32.7 Å². The van der Waals surface area contributed by atoms with Gasteiger partial charge < -0.3 is 25.4 Å². The zero-order valence-corrected chi connectivity index (χ0v) is 18.3. The lowest BCUT2D eigenvalue weighted by Crippen LogP contribution is -2.37. The zero-order chi connectivity index (χ0) is 21.7. The van der Waals surface area contributed by atoms with Crippen LogP contribution in [0.4, 0.5) is 15.6 Å². The number of piperidine rings is 1. The number of benzene rings is 1. The van der Waals surface area contributed by atoms with Crippen molar-refractivity contribution in [2.75, 3.05) is 29.9 Å². The van der Waals surface area contributed by atoms with Gasteiger partial charge in [0.25, 0.3) is 0 Å². The molecule has 1 saturated heterocycles. The number of hydrogen-bond donors (Lipinski definition) is 3. The van der Waals surface area contributed by atoms with Crippen LogP contribution in [-0.2, 0) is 9.53 Å². The molecule has 9 heteroatoms. The van der Waals surface area contributed by atoms with E-state index < -0.39 is 11.7 Å². The van der Waals surface area contributed by atoms with Crippen molar-refractivity contribution < 1.29 is 19.4 Å². The highest BCUT2D eigenvalue weighted by atomic mass is 32.1. The lowest BCUT2D eigenvalue weighted by molar-refractivity contribution is -0.115. The summed E-state index contributed by atoms with van der Waals surface area (Å²) < 4.78 is 5.11. The molecule has 1 aromatic heterocycles. The molecule has 30 heavy (non-hydrogen) atoms. The van der Waals surface area contributed by atoms with Gasteiger partial charge in [0.05, 0.1) is 11.8 Å². The Balaban J connectivity index is 1.56. The second-order valence-corrected chi connectivity index (χ2v) is 9.07. The van der Waals surface area contributed by atoms with Crippen LogP contribution in [0, 0.1) is 0 Å². The number of carbonyl (C=O) groups excluding carboxylic acids is 2. The first-order chi connectivity index (χ1) is 14.2. The molecule has 0 bridgehead atoms. The molecule has 0 spiro atoms. The van der Waals surface area contributed by atoms with Crippen molar-refractivity contribution in [2.24, 2.45) is 0 Å². The van der Waals surface area contributed by atoms with E-state index in [1.54, 1.807) is 20.8 Å². The monoisotopic (exact) mass is 432 g/mol. The molecule has 1 aliphatic heterocycles. The second-order valence-electron chi connectivity index (χ2n) is 8.21. The van der Waals surface area contributed by atoms with Crippen LogP contribution in [0.25, 0.3) is 11.3 Å². The summed E-state index contributed by atoms with van der Waals surface area (Å²) in [6.07, 6.45) is 0.696. The molecule has 0 radical (unpaired) electrons. The van der Waals surface area contributed by atoms with Crippen molar-refractivity contribution in [3.05, 3.63) is 29.6 Å². The number of aromatic nitrogens is 1. The molecular formula is C21H28N4O4S. The molecule has 162 valence electrons. The van der Waals surface area contributed by atoms with Crippen LogP contribution >= 0.6 is 11.3 Å². The highest BCUT2D eigenvalue weighted by Gasteiger charge is 2.19. The molecule has 1 aliphatic rings. The van der Waals surface area contributed by atoms with Crippen LogP contribution < -0.4 is 15.5 Å². The summed E-state index contributed by atoms with van der Waals surface area (Å²) in [5.74, 6) is -0.373. The number of thiazole rings is 1. The van der Waals surface area contributed by atoms with E-state index in [9.17, 15) is 14.7 Å². The van der Waals surface area contributed by atoms with Gasteiger partial charge in [-0.15, -0.1) is 11.3 Å². The predicted molar refractivity (Wildman–Crippen MR) is 118 cm³/mol. The lowest BCUT2D eigenvalue weighted by atomic mass is 10.1. The summed E-state index contributed by atoms with van der Waals surface area (Å²) in [6, 6.07) is 8.09. The minimum Gasteiger partial charge on any atom is -0.444 e. The van der Waals surface area contributed by atoms with E-state index >= 15 is 0 Å². The topological polar surface area (TPSA) is 104 Å². The first-order valence-corrected chi connectivity index (χ1v) is 10.8. The van der Waals surface area contributed by atoms with Crippen molar-refractivity contribution >= 4 is 34.2 Å². The van der Waals surface area contributed by atoms with E-state index in [1.165, 1.54) is 11.3 Å². The summed E-state index contributed by atoms with van der Waals surface area (Å²) in [6.45, 7) is 6.73. The number of amides is 2. The predicted octanol–water partition coefficient (Wildman–Crippen LogP) is 3.23. The Bertz CT molecular complexity index is 885. The number of anilines is 2. The van der Waals surface area contributed by atoms with Crippen LogP contribution in [-0.4, -0.2) is 53.4 Å². The second kappa shape index (κ2) is 9.44. The molecule has 1 fully saturated rings. The Labute approximate surface area is 180 Å². The molecule has 3 N–H and O–H groups in total. The van der Waals surface area contributed by atoms with E-state index in [4.69, 9.17) is 4.74 Å². The van der Waals surface area contributed by atoms with Crippen LogP contribution in [0.3, 0.4) is 0 Å². The maximum Gasteiger partial charge on any atom is 0.408 e. The van der Waals surface area contributed by atoms with E-state index in [1.807, 2.05) is 17.5 Å². The summed E-state index contributed by atoms with van der Waals surface area (Å²) in [5, 5.41) is 17.2. The molecular weight excluding hydrogens is 404 g/mol. The number of alkyl carbamates (subject to hydrolysis) is 1. The van der Waals surface area contributed by atoms with Gasteiger partial charge in [-0.3, -0.25) is 4.79 Å². The van der Waals surface area contributed by atoms with Crippen molar-refractivity contribution in [1.29, 1.82) is 0 Å². The van der Waals surface area contributed by atoms with Crippen LogP contribution in [0.1, 0.15) is 33.6 Å². The number of nitrogens with one attached hydrogen (secondary N) is 2. The van der Waals surface area contributed by atoms with Gasteiger partial charge in [0.15, 0.2) is 5.13 Å². The van der Waals surface area contributed by atoms with Gasteiger partial charge in [0.2, 0.25) is 5.91 Å². The van der Waals surface area contributed by atoms with Gasteiger partial charge in [0.1, 0.15) is 12.1 Å². The fourth-order valence-electron chi connectivity index (χ4n) is 3.08. The minimum absolute atomic E-state index is 0.194. The summed E-state index contributed by atoms with van der Waals surface area (Å²) in [7, 11) is 0. The van der Waals surface area contributed by atoms with Crippen LogP contribution in [0.15, 0.2) is 29.6 Å². The maximum atomic E-state index is 12.1. The molecule has 2 amide bonds. The highest BCUT2D eigenvalue weighted by Crippen LogP contribution is 2.29. The molecule has 0 saturated carbocycles. The first kappa shape index (κ1) is 22.0. The molecule has 2 heterocycles. The van der Waals surface area contributed by atoms with Crippen molar-refractivity contribution in [3.8, 4) is 11.3 Å². The van der Waals surface area contributed by atoms with E-state index in [0.29, 0.717) is 5.13 Å². The highest BCUT2D eigenvalue weighted by molar-refractivity contribution is 7.14. The van der Waals surface area contributed by atoms with Gasteiger partial charge in [0, 0.05) is 29.7 Å². The first-order valence-electron chi connectivity index (χ1n) is 9.95. The average Bonchev–Trinajstić information content (AvgIpc) is 3.14. The maximum absolute atomic E-state index is 12.1. The Morgan fingerprint density at radius 2 is 2.03 bits per heavy atom. The Kier molecular flexibility index (Phi) is 6.94. The molecule has 0 aliphatic carbocycles. The van der Waals surface area contributed by atoms with Crippen molar-refractivity contribution in [2.45, 2.75) is 45.3 Å². The third kappa shape index (κ3) is 6.43. The number of ether oxygens (including phenoxy) is 1. The van der Waals surface area contributed by atoms with Gasteiger partial charge >= 0.3 is 6.09 Å². The van der Waals surface area contributed by atoms with Crippen molar-refractivity contribution in [1.82, 2.24) is 10.3 Å². The smallest absolute Gasteiger partial charge is 0.408 e. The number of aliphatic hydroxyl groups is 1. The summed E-state index contributed by atoms with van der Waals surface area (Å²) in [5.41, 5.74) is 2.21. The number of carbonyl (C=O) groups is 2. The fourth-order valence-corrected chi connectivity index (χ4v) is 3.82. The van der Waals surface area contributed by atoms with E-state index in [0.717, 1.165) is 42.9 Å². The normalized spacial score (nSPS) is 15.0. The average molecular weight is 433 g/mol. The van der Waals surface area contributed by atoms with Crippen LogP contribution in [0.5, 0.6) is 0 Å². The molecule has 0 atom stereocenters. The number of rotatable bonds is 5. The van der Waals surface area contributed by atoms with Crippen molar-refractivity contribution in [3.63, 3.8) is 0 Å². The van der Waals surface area contributed by atoms with Crippen LogP contribution in [0.2, 0.25) is 0 Å². The van der Waals surface area contributed by atoms with Gasteiger partial charge in [-0.1, -0.05) is 12.1 Å². The quantitative estimate of drug-likeness (QED) is 0.670. The van der Waals surface area contributed by atoms with Gasteiger partial charge in [-0.05, 0) is 45.7 Å². The summed E-state index contributed by atoms with van der Waals surface area (Å²) in [4.78, 5) is 30.5.